The van der Waals surface area contributed by atoms with Crippen LogP contribution in [0.15, 0.2) is 46.9 Å². The summed E-state index contributed by atoms with van der Waals surface area (Å²) in [7, 11) is 0. The Bertz CT molecular complexity index is 790. The molecule has 0 aliphatic rings. The average Bonchev–Trinajstić information content (AvgIpc) is 2.79. The van der Waals surface area contributed by atoms with Crippen molar-refractivity contribution in [3.05, 3.63) is 65.0 Å². The molecule has 3 aromatic rings. The lowest BCUT2D eigenvalue weighted by molar-refractivity contribution is -0.137. The van der Waals surface area contributed by atoms with Gasteiger partial charge in [-0.2, -0.15) is 13.2 Å². The molecule has 0 atom stereocenters. The van der Waals surface area contributed by atoms with Crippen LogP contribution in [0.1, 0.15) is 22.6 Å². The third-order valence-electron chi connectivity index (χ3n) is 3.20. The first-order valence-electron chi connectivity index (χ1n) is 6.44. The Labute approximate surface area is 119 Å². The second-order valence-electron chi connectivity index (χ2n) is 4.95. The molecule has 0 aliphatic heterocycles. The van der Waals surface area contributed by atoms with Crippen LogP contribution in [-0.2, 0) is 12.6 Å². The summed E-state index contributed by atoms with van der Waals surface area (Å²) in [6.07, 6.45) is -4.11. The fourth-order valence-corrected chi connectivity index (χ4v) is 2.19. The highest BCUT2D eigenvalue weighted by molar-refractivity contribution is 5.73. The van der Waals surface area contributed by atoms with Crippen molar-refractivity contribution in [3.8, 4) is 0 Å². The molecule has 0 saturated carbocycles. The summed E-state index contributed by atoms with van der Waals surface area (Å²) < 4.78 is 43.6. The van der Waals surface area contributed by atoms with Crippen LogP contribution in [-0.4, -0.2) is 4.98 Å². The molecule has 0 spiro atoms. The van der Waals surface area contributed by atoms with Crippen molar-refractivity contribution in [1.29, 1.82) is 0 Å². The number of hydrogen-bond donors (Lipinski definition) is 0. The number of benzene rings is 2. The van der Waals surface area contributed by atoms with E-state index in [2.05, 4.69) is 4.98 Å². The summed E-state index contributed by atoms with van der Waals surface area (Å²) in [5.74, 6) is 0.412. The van der Waals surface area contributed by atoms with Gasteiger partial charge in [-0.25, -0.2) is 4.98 Å². The molecule has 108 valence electrons. The Hall–Kier alpha value is -2.30. The van der Waals surface area contributed by atoms with Gasteiger partial charge in [-0.1, -0.05) is 24.3 Å². The van der Waals surface area contributed by atoms with Crippen molar-refractivity contribution < 1.29 is 17.6 Å². The van der Waals surface area contributed by atoms with Crippen LogP contribution in [0.4, 0.5) is 13.2 Å². The van der Waals surface area contributed by atoms with E-state index in [1.165, 1.54) is 6.07 Å². The van der Waals surface area contributed by atoms with Crippen molar-refractivity contribution in [2.24, 2.45) is 0 Å². The highest BCUT2D eigenvalue weighted by atomic mass is 19.4. The molecule has 5 heteroatoms. The first kappa shape index (κ1) is 13.7. The van der Waals surface area contributed by atoms with Gasteiger partial charge in [0.15, 0.2) is 11.5 Å². The Morgan fingerprint density at radius 3 is 2.67 bits per heavy atom. The van der Waals surface area contributed by atoms with E-state index in [4.69, 9.17) is 4.42 Å². The summed E-state index contributed by atoms with van der Waals surface area (Å²) in [5, 5.41) is 0. The maximum atomic E-state index is 12.7. The number of aryl methyl sites for hydroxylation is 1. The van der Waals surface area contributed by atoms with Gasteiger partial charge in [0.25, 0.3) is 0 Å². The molecule has 0 amide bonds. The number of nitrogens with zero attached hydrogens (tertiary/aromatic N) is 1. The largest absolute Gasteiger partial charge is 0.440 e. The Kier molecular flexibility index (Phi) is 3.20. The minimum Gasteiger partial charge on any atom is -0.440 e. The van der Waals surface area contributed by atoms with Gasteiger partial charge in [-0.15, -0.1) is 0 Å². The zero-order chi connectivity index (χ0) is 15.0. The van der Waals surface area contributed by atoms with Gasteiger partial charge in [-0.3, -0.25) is 0 Å². The standard InChI is InChI=1S/C16H12F3NO/c1-10-5-6-13-14(7-10)21-15(20-13)9-11-3-2-4-12(8-11)16(17,18)19/h2-8H,9H2,1H3. The van der Waals surface area contributed by atoms with Crippen LogP contribution in [0.25, 0.3) is 11.1 Å². The highest BCUT2D eigenvalue weighted by Crippen LogP contribution is 2.30. The summed E-state index contributed by atoms with van der Waals surface area (Å²) in [6.45, 7) is 1.94. The van der Waals surface area contributed by atoms with E-state index in [-0.39, 0.29) is 6.42 Å². The fraction of sp³-hybridized carbons (Fsp3) is 0.188. The van der Waals surface area contributed by atoms with Gasteiger partial charge in [-0.05, 0) is 36.2 Å². The average molecular weight is 291 g/mol. The lowest BCUT2D eigenvalue weighted by Gasteiger charge is -2.07. The third kappa shape index (κ3) is 2.91. The van der Waals surface area contributed by atoms with Gasteiger partial charge >= 0.3 is 6.18 Å². The first-order chi connectivity index (χ1) is 9.91. The van der Waals surface area contributed by atoms with E-state index in [0.717, 1.165) is 17.7 Å². The number of hydrogen-bond acceptors (Lipinski definition) is 2. The van der Waals surface area contributed by atoms with E-state index < -0.39 is 11.7 Å². The van der Waals surface area contributed by atoms with Crippen LogP contribution in [0.5, 0.6) is 0 Å². The molecule has 1 heterocycles. The summed E-state index contributed by atoms with van der Waals surface area (Å²) >= 11 is 0. The number of oxazole rings is 1. The Morgan fingerprint density at radius 1 is 1.10 bits per heavy atom. The molecule has 0 unspecified atom stereocenters. The molecular formula is C16H12F3NO. The molecule has 2 nitrogen and oxygen atoms in total. The first-order valence-corrected chi connectivity index (χ1v) is 6.44. The molecule has 2 aromatic carbocycles. The van der Waals surface area contributed by atoms with Gasteiger partial charge in [0, 0.05) is 6.42 Å². The topological polar surface area (TPSA) is 26.0 Å². The number of aromatic nitrogens is 1. The van der Waals surface area contributed by atoms with Crippen LogP contribution >= 0.6 is 0 Å². The van der Waals surface area contributed by atoms with Crippen molar-refractivity contribution in [2.75, 3.05) is 0 Å². The number of rotatable bonds is 2. The lowest BCUT2D eigenvalue weighted by atomic mass is 10.1. The van der Waals surface area contributed by atoms with E-state index >= 15 is 0 Å². The third-order valence-corrected chi connectivity index (χ3v) is 3.20. The Balaban J connectivity index is 1.91. The fourth-order valence-electron chi connectivity index (χ4n) is 2.19. The number of alkyl halides is 3. The highest BCUT2D eigenvalue weighted by Gasteiger charge is 2.30. The van der Waals surface area contributed by atoms with Crippen molar-refractivity contribution in [1.82, 2.24) is 4.98 Å². The second kappa shape index (κ2) is 4.91. The number of fused-ring (bicyclic) bond motifs is 1. The summed E-state index contributed by atoms with van der Waals surface area (Å²) in [6, 6.07) is 10.8. The molecular weight excluding hydrogens is 279 g/mol. The molecule has 0 bridgehead atoms. The van der Waals surface area contributed by atoms with Crippen LogP contribution in [0, 0.1) is 6.92 Å². The molecule has 0 fully saturated rings. The van der Waals surface area contributed by atoms with E-state index in [1.807, 2.05) is 25.1 Å². The van der Waals surface area contributed by atoms with E-state index in [9.17, 15) is 13.2 Å². The minimum atomic E-state index is -4.34. The molecule has 3 rings (SSSR count). The maximum absolute atomic E-state index is 12.7. The molecule has 0 radical (unpaired) electrons. The summed E-state index contributed by atoms with van der Waals surface area (Å²) in [5.41, 5.74) is 2.27. The Morgan fingerprint density at radius 2 is 1.90 bits per heavy atom. The molecule has 0 saturated heterocycles. The maximum Gasteiger partial charge on any atom is 0.416 e. The predicted molar refractivity (Wildman–Crippen MR) is 73.0 cm³/mol. The lowest BCUT2D eigenvalue weighted by Crippen LogP contribution is -2.05. The van der Waals surface area contributed by atoms with Crippen molar-refractivity contribution >= 4 is 11.1 Å². The van der Waals surface area contributed by atoms with Crippen LogP contribution in [0.2, 0.25) is 0 Å². The smallest absolute Gasteiger partial charge is 0.416 e. The van der Waals surface area contributed by atoms with E-state index in [0.29, 0.717) is 22.6 Å². The molecule has 21 heavy (non-hydrogen) atoms. The van der Waals surface area contributed by atoms with Gasteiger partial charge in [0.2, 0.25) is 0 Å². The molecule has 1 aromatic heterocycles. The van der Waals surface area contributed by atoms with Crippen LogP contribution in [0.3, 0.4) is 0 Å². The van der Waals surface area contributed by atoms with Crippen LogP contribution < -0.4 is 0 Å². The molecule has 0 N–H and O–H groups in total. The monoisotopic (exact) mass is 291 g/mol. The normalized spacial score (nSPS) is 12.0. The number of halogens is 3. The SMILES string of the molecule is Cc1ccc2nc(Cc3cccc(C(F)(F)F)c3)oc2c1. The van der Waals surface area contributed by atoms with Crippen molar-refractivity contribution in [2.45, 2.75) is 19.5 Å². The van der Waals surface area contributed by atoms with E-state index in [1.54, 1.807) is 6.07 Å². The zero-order valence-corrected chi connectivity index (χ0v) is 11.2. The predicted octanol–water partition coefficient (Wildman–Crippen LogP) is 4.75. The quantitative estimate of drug-likeness (QED) is 0.681. The summed E-state index contributed by atoms with van der Waals surface area (Å²) in [4.78, 5) is 4.29. The van der Waals surface area contributed by atoms with Gasteiger partial charge in [0.1, 0.15) is 5.52 Å². The van der Waals surface area contributed by atoms with Crippen molar-refractivity contribution in [3.63, 3.8) is 0 Å². The minimum absolute atomic E-state index is 0.234. The van der Waals surface area contributed by atoms with Gasteiger partial charge < -0.3 is 4.42 Å². The van der Waals surface area contributed by atoms with Gasteiger partial charge in [0.05, 0.1) is 5.56 Å². The molecule has 0 aliphatic carbocycles. The zero-order valence-electron chi connectivity index (χ0n) is 11.2. The second-order valence-corrected chi connectivity index (χ2v) is 4.95.